The fraction of sp³-hybridized carbons (Fsp3) is 0.857. The largest absolute Gasteiger partial charge is 0.369 e. The van der Waals surface area contributed by atoms with Crippen LogP contribution in [0, 0.1) is 17.2 Å². The first-order valence-corrected chi connectivity index (χ1v) is 6.99. The number of nitrogens with two attached hydrogens (primary N) is 1. The summed E-state index contributed by atoms with van der Waals surface area (Å²) in [7, 11) is 0. The monoisotopic (exact) mass is 266 g/mol. The molecule has 3 unspecified atom stereocenters. The number of likely N-dealkylation sites (tertiary alicyclic amines) is 1. The maximum atomic E-state index is 11.3. The van der Waals surface area contributed by atoms with Gasteiger partial charge in [0.15, 0.2) is 0 Å². The van der Waals surface area contributed by atoms with Gasteiger partial charge in [-0.25, -0.2) is 0 Å². The van der Waals surface area contributed by atoms with Crippen molar-refractivity contribution in [3.05, 3.63) is 0 Å². The fourth-order valence-corrected chi connectivity index (χ4v) is 2.79. The number of nitriles is 1. The van der Waals surface area contributed by atoms with Crippen molar-refractivity contribution < 1.29 is 4.79 Å². The van der Waals surface area contributed by atoms with E-state index in [0.717, 1.165) is 12.8 Å². The van der Waals surface area contributed by atoms with Crippen molar-refractivity contribution in [2.45, 2.75) is 58.2 Å². The molecule has 1 amide bonds. The summed E-state index contributed by atoms with van der Waals surface area (Å²) >= 11 is 0. The minimum Gasteiger partial charge on any atom is -0.369 e. The Bertz CT molecular complexity index is 363. The van der Waals surface area contributed by atoms with Gasteiger partial charge in [0.1, 0.15) is 5.54 Å². The number of hydrogen-bond acceptors (Lipinski definition) is 4. The molecule has 0 radical (unpaired) electrons. The van der Waals surface area contributed by atoms with Gasteiger partial charge in [-0.05, 0) is 40.5 Å². The third-order valence-electron chi connectivity index (χ3n) is 3.79. The number of piperidine rings is 1. The molecule has 0 bridgehead atoms. The number of amides is 1. The summed E-state index contributed by atoms with van der Waals surface area (Å²) in [6.45, 7) is 9.39. The lowest BCUT2D eigenvalue weighted by Crippen LogP contribution is -2.57. The molecule has 0 saturated carbocycles. The first kappa shape index (κ1) is 15.9. The van der Waals surface area contributed by atoms with Gasteiger partial charge in [0, 0.05) is 25.2 Å². The zero-order valence-electron chi connectivity index (χ0n) is 12.4. The van der Waals surface area contributed by atoms with E-state index in [-0.39, 0.29) is 17.9 Å². The number of primary amides is 1. The Morgan fingerprint density at radius 3 is 2.68 bits per heavy atom. The molecule has 0 aromatic heterocycles. The van der Waals surface area contributed by atoms with E-state index in [1.807, 2.05) is 20.8 Å². The van der Waals surface area contributed by atoms with Crippen LogP contribution in [0.1, 0.15) is 40.5 Å². The molecule has 0 aromatic carbocycles. The summed E-state index contributed by atoms with van der Waals surface area (Å²) in [6, 6.07) is 2.99. The summed E-state index contributed by atoms with van der Waals surface area (Å²) in [5.41, 5.74) is 4.81. The number of rotatable bonds is 5. The smallest absolute Gasteiger partial charge is 0.221 e. The van der Waals surface area contributed by atoms with Gasteiger partial charge in [-0.15, -0.1) is 0 Å². The van der Waals surface area contributed by atoms with Gasteiger partial charge in [0.2, 0.25) is 5.91 Å². The molecule has 1 rings (SSSR count). The molecule has 3 N–H and O–H groups in total. The van der Waals surface area contributed by atoms with Crippen LogP contribution in [0.4, 0.5) is 0 Å². The molecule has 0 aromatic rings. The highest BCUT2D eigenvalue weighted by atomic mass is 16.1. The van der Waals surface area contributed by atoms with E-state index < -0.39 is 5.54 Å². The molecule has 108 valence electrons. The SMILES string of the molecule is CC(C)NC(C)(C#N)CN1CC(C(N)=O)CCC1C. The Balaban J connectivity index is 2.72. The lowest BCUT2D eigenvalue weighted by atomic mass is 9.91. The molecule has 5 heteroatoms. The first-order valence-electron chi connectivity index (χ1n) is 6.99. The molecule has 1 saturated heterocycles. The Hall–Kier alpha value is -1.12. The van der Waals surface area contributed by atoms with Crippen LogP contribution in [0.15, 0.2) is 0 Å². The lowest BCUT2D eigenvalue weighted by molar-refractivity contribution is -0.124. The van der Waals surface area contributed by atoms with Gasteiger partial charge < -0.3 is 5.73 Å². The Morgan fingerprint density at radius 1 is 1.58 bits per heavy atom. The van der Waals surface area contributed by atoms with Crippen LogP contribution in [0.5, 0.6) is 0 Å². The van der Waals surface area contributed by atoms with Crippen molar-refractivity contribution in [2.75, 3.05) is 13.1 Å². The Morgan fingerprint density at radius 2 is 2.21 bits per heavy atom. The third-order valence-corrected chi connectivity index (χ3v) is 3.79. The second-order valence-corrected chi connectivity index (χ2v) is 6.20. The third kappa shape index (κ3) is 4.48. The first-order chi connectivity index (χ1) is 8.77. The van der Waals surface area contributed by atoms with E-state index in [9.17, 15) is 10.1 Å². The topological polar surface area (TPSA) is 82.2 Å². The van der Waals surface area contributed by atoms with Crippen molar-refractivity contribution in [1.82, 2.24) is 10.2 Å². The quantitative estimate of drug-likeness (QED) is 0.773. The van der Waals surface area contributed by atoms with Crippen molar-refractivity contribution in [2.24, 2.45) is 11.7 Å². The van der Waals surface area contributed by atoms with Gasteiger partial charge in [0.05, 0.1) is 12.0 Å². The van der Waals surface area contributed by atoms with Gasteiger partial charge >= 0.3 is 0 Å². The van der Waals surface area contributed by atoms with E-state index in [0.29, 0.717) is 19.1 Å². The number of nitrogens with one attached hydrogen (secondary N) is 1. The Kier molecular flexibility index (Phi) is 5.33. The van der Waals surface area contributed by atoms with E-state index in [4.69, 9.17) is 5.73 Å². The highest BCUT2D eigenvalue weighted by molar-refractivity contribution is 5.77. The summed E-state index contributed by atoms with van der Waals surface area (Å²) in [5.74, 6) is -0.314. The second kappa shape index (κ2) is 6.36. The highest BCUT2D eigenvalue weighted by Gasteiger charge is 2.34. The molecule has 0 spiro atoms. The van der Waals surface area contributed by atoms with Gasteiger partial charge in [-0.3, -0.25) is 15.0 Å². The predicted octanol–water partition coefficient (Wildman–Crippen LogP) is 0.852. The molecule has 1 fully saturated rings. The molecule has 3 atom stereocenters. The maximum absolute atomic E-state index is 11.3. The molecular weight excluding hydrogens is 240 g/mol. The predicted molar refractivity (Wildman–Crippen MR) is 75.2 cm³/mol. The minimum absolute atomic E-state index is 0.0850. The summed E-state index contributed by atoms with van der Waals surface area (Å²) < 4.78 is 0. The van der Waals surface area contributed by atoms with E-state index in [1.165, 1.54) is 0 Å². The standard InChI is InChI=1S/C14H26N4O/c1-10(2)17-14(4,8-15)9-18-7-12(13(16)19)6-5-11(18)3/h10-12,17H,5-7,9H2,1-4H3,(H2,16,19). The fourth-order valence-electron chi connectivity index (χ4n) is 2.79. The summed E-state index contributed by atoms with van der Waals surface area (Å²) in [5, 5.41) is 12.7. The average molecular weight is 266 g/mol. The number of hydrogen-bond donors (Lipinski definition) is 2. The van der Waals surface area contributed by atoms with Gasteiger partial charge in [-0.1, -0.05) is 0 Å². The molecule has 1 aliphatic heterocycles. The van der Waals surface area contributed by atoms with Crippen molar-refractivity contribution in [3.63, 3.8) is 0 Å². The van der Waals surface area contributed by atoms with Crippen LogP contribution in [0.3, 0.4) is 0 Å². The number of nitrogens with zero attached hydrogens (tertiary/aromatic N) is 2. The van der Waals surface area contributed by atoms with Gasteiger partial charge in [0.25, 0.3) is 0 Å². The van der Waals surface area contributed by atoms with Crippen molar-refractivity contribution in [1.29, 1.82) is 5.26 Å². The molecule has 1 heterocycles. The molecule has 5 nitrogen and oxygen atoms in total. The van der Waals surface area contributed by atoms with E-state index >= 15 is 0 Å². The molecule has 19 heavy (non-hydrogen) atoms. The van der Waals surface area contributed by atoms with Crippen LogP contribution >= 0.6 is 0 Å². The number of carbonyl (C=O) groups excluding carboxylic acids is 1. The Labute approximate surface area is 116 Å². The van der Waals surface area contributed by atoms with Crippen LogP contribution in [0.25, 0.3) is 0 Å². The van der Waals surface area contributed by atoms with E-state index in [2.05, 4.69) is 23.2 Å². The summed E-state index contributed by atoms with van der Waals surface area (Å²) in [4.78, 5) is 13.5. The minimum atomic E-state index is -0.595. The molecule has 1 aliphatic rings. The second-order valence-electron chi connectivity index (χ2n) is 6.20. The zero-order chi connectivity index (χ0) is 14.6. The lowest BCUT2D eigenvalue weighted by Gasteiger charge is -2.41. The number of carbonyl (C=O) groups is 1. The van der Waals surface area contributed by atoms with Gasteiger partial charge in [-0.2, -0.15) is 5.26 Å². The maximum Gasteiger partial charge on any atom is 0.221 e. The zero-order valence-corrected chi connectivity index (χ0v) is 12.4. The molecule has 0 aliphatic carbocycles. The average Bonchev–Trinajstić information content (AvgIpc) is 2.30. The molecular formula is C14H26N4O. The summed E-state index contributed by atoms with van der Waals surface area (Å²) in [6.07, 6.45) is 1.81. The van der Waals surface area contributed by atoms with Crippen LogP contribution < -0.4 is 11.1 Å². The van der Waals surface area contributed by atoms with E-state index in [1.54, 1.807) is 0 Å². The normalized spacial score (nSPS) is 27.8. The van der Waals surface area contributed by atoms with Crippen LogP contribution in [-0.4, -0.2) is 41.5 Å². The van der Waals surface area contributed by atoms with Crippen LogP contribution in [0.2, 0.25) is 0 Å². The highest BCUT2D eigenvalue weighted by Crippen LogP contribution is 2.23. The van der Waals surface area contributed by atoms with Crippen molar-refractivity contribution >= 4 is 5.91 Å². The van der Waals surface area contributed by atoms with Crippen LogP contribution in [-0.2, 0) is 4.79 Å². The van der Waals surface area contributed by atoms with Crippen molar-refractivity contribution in [3.8, 4) is 6.07 Å².